The van der Waals surface area contributed by atoms with Gasteiger partial charge in [0.05, 0.1) is 7.11 Å². The van der Waals surface area contributed by atoms with Crippen molar-refractivity contribution in [2.75, 3.05) is 7.11 Å². The molecule has 1 N–H and O–H groups in total. The average molecular weight is 236 g/mol. The molecule has 1 rings (SSSR count). The Balaban J connectivity index is 0.00000225. The van der Waals surface area contributed by atoms with Crippen LogP contribution < -0.4 is 34.8 Å². The maximum Gasteiger partial charge on any atom is 1.00 e. The normalized spacial score (nSPS) is 29.6. The number of rotatable bonds is 2. The average Bonchev–Trinajstić information content (AvgIpc) is 2.20. The molecule has 1 aliphatic heterocycles. The van der Waals surface area contributed by atoms with E-state index in [4.69, 9.17) is 10.1 Å². The van der Waals surface area contributed by atoms with Gasteiger partial charge in [0.15, 0.2) is 11.7 Å². The number of methoxy groups -OCH3 is 1. The van der Waals surface area contributed by atoms with Gasteiger partial charge >= 0.3 is 29.6 Å². The van der Waals surface area contributed by atoms with Gasteiger partial charge in [-0.3, -0.25) is 5.41 Å². The Labute approximate surface area is 116 Å². The van der Waals surface area contributed by atoms with Gasteiger partial charge in [-0.15, -0.1) is 5.11 Å². The van der Waals surface area contributed by atoms with E-state index >= 15 is 0 Å². The molecule has 7 nitrogen and oxygen atoms in total. The molecular weight excluding hydrogens is 223 g/mol. The van der Waals surface area contributed by atoms with Gasteiger partial charge in [-0.25, -0.2) is 0 Å². The summed E-state index contributed by atoms with van der Waals surface area (Å²) in [7, 11) is 1.51. The molecule has 0 fully saturated rings. The summed E-state index contributed by atoms with van der Waals surface area (Å²) in [4.78, 5) is 7.23. The number of hydrogen-bond donors (Lipinski definition) is 1. The van der Waals surface area contributed by atoms with Crippen LogP contribution in [0, 0.1) is 11.3 Å². The van der Waals surface area contributed by atoms with Crippen LogP contribution in [0.1, 0.15) is 20.3 Å². The first-order chi connectivity index (χ1) is 7.03. The van der Waals surface area contributed by atoms with Gasteiger partial charge < -0.3 is 15.0 Å². The van der Waals surface area contributed by atoms with Crippen molar-refractivity contribution in [3.8, 4) is 0 Å². The largest absolute Gasteiger partial charge is 1.00 e. The zero-order valence-corrected chi connectivity index (χ0v) is 11.9. The molecule has 0 aromatic rings. The van der Waals surface area contributed by atoms with Gasteiger partial charge in [-0.1, -0.05) is 6.92 Å². The number of amidine groups is 1. The molecule has 84 valence electrons. The fourth-order valence-electron chi connectivity index (χ4n) is 1.56. The van der Waals surface area contributed by atoms with Crippen LogP contribution in [0.5, 0.6) is 0 Å². The van der Waals surface area contributed by atoms with Crippen LogP contribution in [0.3, 0.4) is 0 Å². The Kier molecular flexibility index (Phi) is 6.09. The van der Waals surface area contributed by atoms with E-state index in [1.807, 2.05) is 6.92 Å². The van der Waals surface area contributed by atoms with E-state index in [-0.39, 0.29) is 41.3 Å². The molecule has 0 aliphatic carbocycles. The van der Waals surface area contributed by atoms with E-state index in [0.717, 1.165) is 0 Å². The second-order valence-corrected chi connectivity index (χ2v) is 3.64. The van der Waals surface area contributed by atoms with Gasteiger partial charge in [-0.2, -0.15) is 4.99 Å². The van der Waals surface area contributed by atoms with E-state index in [1.165, 1.54) is 7.11 Å². The summed E-state index contributed by atoms with van der Waals surface area (Å²) in [5, 5.41) is 24.0. The van der Waals surface area contributed by atoms with Crippen LogP contribution in [-0.2, 0) is 9.73 Å². The first kappa shape index (κ1) is 15.5. The van der Waals surface area contributed by atoms with Crippen LogP contribution in [0.2, 0.25) is 0 Å². The Bertz CT molecular complexity index is 320. The molecule has 0 radical (unpaired) electrons. The van der Waals surface area contributed by atoms with Crippen molar-refractivity contribution in [3.05, 3.63) is 0 Å². The Morgan fingerprint density at radius 1 is 1.62 bits per heavy atom. The van der Waals surface area contributed by atoms with Crippen molar-refractivity contribution in [1.82, 2.24) is 0 Å². The molecule has 0 spiro atoms. The fourth-order valence-corrected chi connectivity index (χ4v) is 1.56. The molecule has 0 saturated heterocycles. The summed E-state index contributed by atoms with van der Waals surface area (Å²) in [5.41, 5.74) is -0.911. The molecule has 1 heterocycles. The minimum atomic E-state index is -0.911. The third kappa shape index (κ3) is 3.24. The number of nitrogens with one attached hydrogen (secondary N) is 1. The van der Waals surface area contributed by atoms with Crippen LogP contribution in [0.15, 0.2) is 15.4 Å². The molecule has 2 atom stereocenters. The summed E-state index contributed by atoms with van der Waals surface area (Å²) in [6.07, 6.45) is 0.505. The van der Waals surface area contributed by atoms with Gasteiger partial charge in [0.25, 0.3) is 0 Å². The third-order valence-electron chi connectivity index (χ3n) is 2.36. The van der Waals surface area contributed by atoms with Crippen LogP contribution in [-0.4, -0.2) is 24.4 Å². The molecule has 0 amide bonds. The first-order valence-corrected chi connectivity index (χ1v) is 4.46. The molecular formula is C8H13N4NaO3. The van der Waals surface area contributed by atoms with E-state index in [9.17, 15) is 5.26 Å². The van der Waals surface area contributed by atoms with Gasteiger partial charge in [-0.05, 0) is 13.3 Å². The topological polar surface area (TPSA) is 102 Å². The molecule has 2 unspecified atom stereocenters. The molecule has 0 bridgehead atoms. The minimum Gasteiger partial charge on any atom is -0.636 e. The number of hydrogen-bond acceptors (Lipinski definition) is 6. The van der Waals surface area contributed by atoms with Gasteiger partial charge in [0.1, 0.15) is 5.54 Å². The van der Waals surface area contributed by atoms with E-state index in [1.54, 1.807) is 6.92 Å². The molecule has 16 heavy (non-hydrogen) atoms. The number of nitrogens with zero attached hydrogens (tertiary/aromatic N) is 3. The van der Waals surface area contributed by atoms with Crippen LogP contribution >= 0.6 is 0 Å². The summed E-state index contributed by atoms with van der Waals surface area (Å²) < 4.78 is 5.02. The van der Waals surface area contributed by atoms with Crippen LogP contribution in [0.25, 0.3) is 0 Å². The Morgan fingerprint density at radius 3 is 2.75 bits per heavy atom. The summed E-state index contributed by atoms with van der Waals surface area (Å²) >= 11 is 0. The Hall–Kier alpha value is -0.500. The molecule has 0 saturated carbocycles. The number of aliphatic imine (C=N–C) groups is 1. The zero-order chi connectivity index (χ0) is 11.5. The third-order valence-corrected chi connectivity index (χ3v) is 2.36. The van der Waals surface area contributed by atoms with E-state index < -0.39 is 5.54 Å². The summed E-state index contributed by atoms with van der Waals surface area (Å²) in [5.74, 6) is 0.536. The van der Waals surface area contributed by atoms with Gasteiger partial charge in [0, 0.05) is 11.2 Å². The molecule has 0 aromatic carbocycles. The maximum absolute atomic E-state index is 9.73. The van der Waals surface area contributed by atoms with Crippen molar-refractivity contribution in [1.29, 1.82) is 5.41 Å². The monoisotopic (exact) mass is 236 g/mol. The fraction of sp³-hybridized carbons (Fsp3) is 0.750. The standard InChI is InChI=1S/C8H14N4O3.Na/c1-5-4-8(2,11-12-15-13)7(9)10-6(5)14-3;/h5,9,13H,4H2,1-3H3;/q;+1/p-1. The number of ether oxygens (including phenoxy) is 1. The first-order valence-electron chi connectivity index (χ1n) is 4.46. The summed E-state index contributed by atoms with van der Waals surface area (Å²) in [6, 6.07) is 0. The van der Waals surface area contributed by atoms with Crippen molar-refractivity contribution < 1.29 is 44.5 Å². The van der Waals surface area contributed by atoms with Crippen molar-refractivity contribution >= 4 is 11.7 Å². The Morgan fingerprint density at radius 2 is 2.25 bits per heavy atom. The predicted octanol–water partition coefficient (Wildman–Crippen LogP) is -2.53. The molecule has 1 aliphatic rings. The maximum atomic E-state index is 9.73. The van der Waals surface area contributed by atoms with E-state index in [0.29, 0.717) is 12.3 Å². The smallest absolute Gasteiger partial charge is 0.636 e. The van der Waals surface area contributed by atoms with Gasteiger partial charge in [0.2, 0.25) is 0 Å². The van der Waals surface area contributed by atoms with Crippen LogP contribution in [0.4, 0.5) is 0 Å². The van der Waals surface area contributed by atoms with Crippen molar-refractivity contribution in [2.24, 2.45) is 21.3 Å². The molecule has 8 heteroatoms. The summed E-state index contributed by atoms with van der Waals surface area (Å²) in [6.45, 7) is 3.57. The second kappa shape index (κ2) is 6.29. The molecule has 0 aromatic heterocycles. The van der Waals surface area contributed by atoms with Crippen molar-refractivity contribution in [2.45, 2.75) is 25.8 Å². The van der Waals surface area contributed by atoms with Crippen molar-refractivity contribution in [3.63, 3.8) is 0 Å². The SMILES string of the molecule is COC1=NC(=N)C(C)(N=NO[O-])CC1C.[Na+]. The predicted molar refractivity (Wildman–Crippen MR) is 50.3 cm³/mol. The minimum absolute atomic E-state index is 0. The zero-order valence-electron chi connectivity index (χ0n) is 9.85. The quantitative estimate of drug-likeness (QED) is 0.247. The van der Waals surface area contributed by atoms with E-state index in [2.05, 4.69) is 20.4 Å². The second-order valence-electron chi connectivity index (χ2n) is 3.64.